The minimum atomic E-state index is -3.00. The summed E-state index contributed by atoms with van der Waals surface area (Å²) in [7, 11) is -3.00. The molecule has 0 aromatic carbocycles. The lowest BCUT2D eigenvalue weighted by Crippen LogP contribution is -2.14. The highest BCUT2D eigenvalue weighted by molar-refractivity contribution is 7.90. The lowest BCUT2D eigenvalue weighted by atomic mass is 10.3. The van der Waals surface area contributed by atoms with E-state index in [2.05, 4.69) is 4.98 Å². The molecule has 1 aromatic rings. The predicted octanol–water partition coefficient (Wildman–Crippen LogP) is 0.272. The van der Waals surface area contributed by atoms with Gasteiger partial charge in [0.1, 0.15) is 12.4 Å². The Hall–Kier alpha value is -1.14. The van der Waals surface area contributed by atoms with Gasteiger partial charge in [0, 0.05) is 18.5 Å². The number of nitrogens with two attached hydrogens (primary N) is 1. The number of nitrogens with zero attached hydrogens (tertiary/aromatic N) is 1. The summed E-state index contributed by atoms with van der Waals surface area (Å²) in [6.07, 6.45) is 1.17. The zero-order chi connectivity index (χ0) is 12.2. The highest BCUT2D eigenvalue weighted by Crippen LogP contribution is 2.16. The number of rotatable bonds is 5. The largest absolute Gasteiger partial charge is 0.491 e. The van der Waals surface area contributed by atoms with Crippen molar-refractivity contribution in [2.45, 2.75) is 13.5 Å². The van der Waals surface area contributed by atoms with E-state index in [1.54, 1.807) is 12.1 Å². The predicted molar refractivity (Wildman–Crippen MR) is 62.1 cm³/mol. The Balaban J connectivity index is 2.67. The van der Waals surface area contributed by atoms with Crippen LogP contribution in [-0.2, 0) is 16.4 Å². The van der Waals surface area contributed by atoms with E-state index >= 15 is 0 Å². The zero-order valence-electron chi connectivity index (χ0n) is 9.43. The van der Waals surface area contributed by atoms with Crippen molar-refractivity contribution in [1.82, 2.24) is 4.98 Å². The van der Waals surface area contributed by atoms with Crippen LogP contribution in [0.4, 0.5) is 0 Å². The van der Waals surface area contributed by atoms with Crippen molar-refractivity contribution >= 4 is 9.84 Å². The fraction of sp³-hybridized carbons (Fsp3) is 0.500. The highest BCUT2D eigenvalue weighted by Gasteiger charge is 2.06. The van der Waals surface area contributed by atoms with E-state index < -0.39 is 9.84 Å². The molecule has 0 aliphatic rings. The third-order valence-corrected chi connectivity index (χ3v) is 2.88. The van der Waals surface area contributed by atoms with Gasteiger partial charge < -0.3 is 10.5 Å². The summed E-state index contributed by atoms with van der Waals surface area (Å²) < 4.78 is 27.2. The molecule has 0 aliphatic heterocycles. The molecule has 1 rings (SSSR count). The van der Waals surface area contributed by atoms with Crippen molar-refractivity contribution in [2.24, 2.45) is 5.73 Å². The number of pyridine rings is 1. The van der Waals surface area contributed by atoms with E-state index in [0.29, 0.717) is 11.4 Å². The summed E-state index contributed by atoms with van der Waals surface area (Å²) >= 11 is 0. The number of hydrogen-bond acceptors (Lipinski definition) is 5. The van der Waals surface area contributed by atoms with Crippen LogP contribution in [0.25, 0.3) is 0 Å². The van der Waals surface area contributed by atoms with E-state index in [-0.39, 0.29) is 18.9 Å². The van der Waals surface area contributed by atoms with E-state index in [9.17, 15) is 8.42 Å². The Morgan fingerprint density at radius 2 is 2.12 bits per heavy atom. The Kier molecular flexibility index (Phi) is 4.26. The van der Waals surface area contributed by atoms with E-state index in [1.165, 1.54) is 6.26 Å². The molecule has 0 saturated carbocycles. The summed E-state index contributed by atoms with van der Waals surface area (Å²) in [4.78, 5) is 4.21. The zero-order valence-corrected chi connectivity index (χ0v) is 10.3. The van der Waals surface area contributed by atoms with Gasteiger partial charge in [-0.1, -0.05) is 0 Å². The molecule has 16 heavy (non-hydrogen) atoms. The van der Waals surface area contributed by atoms with E-state index in [1.807, 2.05) is 6.92 Å². The van der Waals surface area contributed by atoms with Crippen LogP contribution in [0.3, 0.4) is 0 Å². The van der Waals surface area contributed by atoms with Crippen LogP contribution in [0.1, 0.15) is 11.4 Å². The molecule has 0 fully saturated rings. The van der Waals surface area contributed by atoms with E-state index in [4.69, 9.17) is 10.5 Å². The second kappa shape index (κ2) is 5.27. The first-order valence-corrected chi connectivity index (χ1v) is 6.95. The number of sulfone groups is 1. The summed E-state index contributed by atoms with van der Waals surface area (Å²) in [5.41, 5.74) is 7.02. The van der Waals surface area contributed by atoms with Crippen LogP contribution in [0.15, 0.2) is 12.1 Å². The maximum absolute atomic E-state index is 10.9. The molecular weight excluding hydrogens is 228 g/mol. The SMILES string of the molecule is Cc1ccc(OCCS(C)(=O)=O)c(CN)n1. The van der Waals surface area contributed by atoms with Crippen LogP contribution in [0.2, 0.25) is 0 Å². The molecule has 0 amide bonds. The molecule has 0 bridgehead atoms. The van der Waals surface area contributed by atoms with Crippen LogP contribution < -0.4 is 10.5 Å². The van der Waals surface area contributed by atoms with Crippen molar-refractivity contribution in [3.05, 3.63) is 23.5 Å². The minimum Gasteiger partial charge on any atom is -0.491 e. The van der Waals surface area contributed by atoms with Gasteiger partial charge >= 0.3 is 0 Å². The van der Waals surface area contributed by atoms with Gasteiger partial charge in [-0.05, 0) is 19.1 Å². The molecule has 0 saturated heterocycles. The lowest BCUT2D eigenvalue weighted by Gasteiger charge is -2.09. The standard InChI is InChI=1S/C10H16N2O3S/c1-8-3-4-10(9(7-11)12-8)15-5-6-16(2,13)14/h3-4H,5-7,11H2,1-2H3. The first kappa shape index (κ1) is 12.9. The fourth-order valence-corrected chi connectivity index (χ4v) is 1.56. The summed E-state index contributed by atoms with van der Waals surface area (Å²) in [6, 6.07) is 3.56. The fourth-order valence-electron chi connectivity index (χ4n) is 1.18. The Labute approximate surface area is 95.6 Å². The molecule has 90 valence electrons. The number of aryl methyl sites for hydroxylation is 1. The molecule has 1 heterocycles. The van der Waals surface area contributed by atoms with Gasteiger partial charge in [0.25, 0.3) is 0 Å². The number of ether oxygens (including phenoxy) is 1. The third-order valence-electron chi connectivity index (χ3n) is 1.98. The third kappa shape index (κ3) is 4.16. The topological polar surface area (TPSA) is 82.3 Å². The van der Waals surface area contributed by atoms with Gasteiger partial charge in [0.2, 0.25) is 0 Å². The van der Waals surface area contributed by atoms with Gasteiger partial charge in [-0.15, -0.1) is 0 Å². The van der Waals surface area contributed by atoms with Crippen molar-refractivity contribution < 1.29 is 13.2 Å². The second-order valence-corrected chi connectivity index (χ2v) is 5.84. The molecule has 5 nitrogen and oxygen atoms in total. The first-order valence-electron chi connectivity index (χ1n) is 4.89. The maximum Gasteiger partial charge on any atom is 0.150 e. The maximum atomic E-state index is 10.9. The number of aromatic nitrogens is 1. The Morgan fingerprint density at radius 3 is 2.69 bits per heavy atom. The molecule has 6 heteroatoms. The molecule has 2 N–H and O–H groups in total. The van der Waals surface area contributed by atoms with E-state index in [0.717, 1.165) is 5.69 Å². The molecular formula is C10H16N2O3S. The summed E-state index contributed by atoms with van der Waals surface area (Å²) in [6.45, 7) is 2.26. The molecule has 0 aliphatic carbocycles. The van der Waals surface area contributed by atoms with Crippen molar-refractivity contribution in [2.75, 3.05) is 18.6 Å². The van der Waals surface area contributed by atoms with Crippen LogP contribution >= 0.6 is 0 Å². The minimum absolute atomic E-state index is 0.00904. The monoisotopic (exact) mass is 244 g/mol. The second-order valence-electron chi connectivity index (χ2n) is 3.58. The molecule has 0 spiro atoms. The molecule has 0 radical (unpaired) electrons. The molecule has 0 unspecified atom stereocenters. The van der Waals surface area contributed by atoms with Crippen LogP contribution in [-0.4, -0.2) is 32.0 Å². The summed E-state index contributed by atoms with van der Waals surface area (Å²) in [5.74, 6) is 0.544. The van der Waals surface area contributed by atoms with Gasteiger partial charge in [0.15, 0.2) is 9.84 Å². The van der Waals surface area contributed by atoms with Gasteiger partial charge in [-0.2, -0.15) is 0 Å². The van der Waals surface area contributed by atoms with Crippen molar-refractivity contribution in [1.29, 1.82) is 0 Å². The Bertz CT molecular complexity index is 457. The van der Waals surface area contributed by atoms with Gasteiger partial charge in [0.05, 0.1) is 11.4 Å². The lowest BCUT2D eigenvalue weighted by molar-refractivity contribution is 0.335. The van der Waals surface area contributed by atoms with Crippen molar-refractivity contribution in [3.8, 4) is 5.75 Å². The highest BCUT2D eigenvalue weighted by atomic mass is 32.2. The smallest absolute Gasteiger partial charge is 0.150 e. The molecule has 0 atom stereocenters. The van der Waals surface area contributed by atoms with Crippen molar-refractivity contribution in [3.63, 3.8) is 0 Å². The summed E-state index contributed by atoms with van der Waals surface area (Å²) in [5, 5.41) is 0. The number of hydrogen-bond donors (Lipinski definition) is 1. The normalized spacial score (nSPS) is 11.4. The van der Waals surface area contributed by atoms with Gasteiger partial charge in [-0.3, -0.25) is 4.98 Å². The molecule has 1 aromatic heterocycles. The van der Waals surface area contributed by atoms with Crippen LogP contribution in [0, 0.1) is 6.92 Å². The van der Waals surface area contributed by atoms with Crippen LogP contribution in [0.5, 0.6) is 5.75 Å². The first-order chi connectivity index (χ1) is 7.42. The quantitative estimate of drug-likeness (QED) is 0.804. The average Bonchev–Trinajstić information content (AvgIpc) is 2.18. The average molecular weight is 244 g/mol. The Morgan fingerprint density at radius 1 is 1.44 bits per heavy atom. The van der Waals surface area contributed by atoms with Gasteiger partial charge in [-0.25, -0.2) is 8.42 Å².